The molecule has 3 N–H and O–H groups in total. The maximum Gasteiger partial charge on any atom is 0.320 e. The molecule has 0 fully saturated rings. The van der Waals surface area contributed by atoms with Crippen LogP contribution in [0.25, 0.3) is 0 Å². The van der Waals surface area contributed by atoms with Crippen molar-refractivity contribution in [3.8, 4) is 5.75 Å². The van der Waals surface area contributed by atoms with Crippen LogP contribution in [0.15, 0.2) is 18.2 Å². The summed E-state index contributed by atoms with van der Waals surface area (Å²) < 4.78 is 16.2. The quantitative estimate of drug-likeness (QED) is 0.200. The number of aromatic nitrogens is 2. The lowest BCUT2D eigenvalue weighted by molar-refractivity contribution is -0.144. The van der Waals surface area contributed by atoms with Gasteiger partial charge in [-0.3, -0.25) is 14.5 Å². The minimum atomic E-state index is -0.280. The lowest BCUT2D eigenvalue weighted by Gasteiger charge is -2.22. The van der Waals surface area contributed by atoms with Gasteiger partial charge in [-0.05, 0) is 63.4 Å². The summed E-state index contributed by atoms with van der Waals surface area (Å²) in [6.45, 7) is 14.6. The number of aryl methyl sites for hydroxylation is 2. The molecule has 0 aliphatic heterocycles. The van der Waals surface area contributed by atoms with Crippen molar-refractivity contribution in [3.63, 3.8) is 0 Å². The van der Waals surface area contributed by atoms with E-state index in [0.717, 1.165) is 60.5 Å². The van der Waals surface area contributed by atoms with Crippen LogP contribution in [0.1, 0.15) is 75.8 Å². The normalized spacial score (nSPS) is 11.8. The van der Waals surface area contributed by atoms with Gasteiger partial charge in [-0.25, -0.2) is 4.98 Å². The Morgan fingerprint density at radius 3 is 2.50 bits per heavy atom. The van der Waals surface area contributed by atoms with Crippen LogP contribution in [0.4, 0.5) is 11.8 Å². The van der Waals surface area contributed by atoms with Crippen molar-refractivity contribution >= 4 is 23.7 Å². The van der Waals surface area contributed by atoms with Crippen LogP contribution in [0.5, 0.6) is 5.75 Å². The molecule has 0 amide bonds. The fourth-order valence-electron chi connectivity index (χ4n) is 4.49. The molecular formula is C30H47N5O5. The second-order valence-corrected chi connectivity index (χ2v) is 9.89. The highest BCUT2D eigenvalue weighted by Gasteiger charge is 2.17. The standard InChI is InChI=1S/C30H47N5O5/c1-7-11-25(14-17-39-23(6)36)33-29-27(22(5)32-30(31)34-29)19-24-12-13-26(18-21(24)4)40-16-10-15-35(8-2)20-28(37)38-9-3/h12-13,18,25H,7-11,14-17,19-20H2,1-6H3,(H3,31,32,33,34)/t25-/m0/s1. The number of nitrogens with two attached hydrogens (primary N) is 1. The van der Waals surface area contributed by atoms with Gasteiger partial charge < -0.3 is 25.3 Å². The van der Waals surface area contributed by atoms with Crippen molar-refractivity contribution in [3.05, 3.63) is 40.6 Å². The largest absolute Gasteiger partial charge is 0.494 e. The van der Waals surface area contributed by atoms with Gasteiger partial charge in [-0.1, -0.05) is 26.3 Å². The maximum atomic E-state index is 11.7. The van der Waals surface area contributed by atoms with E-state index in [2.05, 4.69) is 40.1 Å². The summed E-state index contributed by atoms with van der Waals surface area (Å²) in [5.41, 5.74) is 10.1. The van der Waals surface area contributed by atoms with Crippen molar-refractivity contribution in [2.24, 2.45) is 0 Å². The molecule has 0 saturated heterocycles. The van der Waals surface area contributed by atoms with Gasteiger partial charge in [-0.15, -0.1) is 0 Å². The Morgan fingerprint density at radius 1 is 1.07 bits per heavy atom. The summed E-state index contributed by atoms with van der Waals surface area (Å²) in [5.74, 6) is 1.28. The maximum absolute atomic E-state index is 11.7. The minimum absolute atomic E-state index is 0.0922. The van der Waals surface area contributed by atoms with Crippen molar-refractivity contribution in [2.75, 3.05) is 50.5 Å². The first kappa shape index (κ1) is 32.8. The highest BCUT2D eigenvalue weighted by atomic mass is 16.5. The van der Waals surface area contributed by atoms with Crippen molar-refractivity contribution in [2.45, 2.75) is 79.7 Å². The van der Waals surface area contributed by atoms with E-state index >= 15 is 0 Å². The molecule has 0 aliphatic rings. The Labute approximate surface area is 239 Å². The summed E-state index contributed by atoms with van der Waals surface area (Å²) in [6, 6.07) is 6.20. The third kappa shape index (κ3) is 11.4. The zero-order valence-electron chi connectivity index (χ0n) is 25.0. The number of hydrogen-bond acceptors (Lipinski definition) is 10. The van der Waals surface area contributed by atoms with Gasteiger partial charge >= 0.3 is 11.9 Å². The summed E-state index contributed by atoms with van der Waals surface area (Å²) in [7, 11) is 0. The number of benzene rings is 1. The molecule has 1 heterocycles. The highest BCUT2D eigenvalue weighted by molar-refractivity contribution is 5.71. The van der Waals surface area contributed by atoms with E-state index in [1.54, 1.807) is 0 Å². The van der Waals surface area contributed by atoms with E-state index in [-0.39, 0.29) is 23.9 Å². The van der Waals surface area contributed by atoms with E-state index in [4.69, 9.17) is 19.9 Å². The van der Waals surface area contributed by atoms with Gasteiger partial charge in [-0.2, -0.15) is 4.98 Å². The van der Waals surface area contributed by atoms with Crippen LogP contribution in [0.3, 0.4) is 0 Å². The third-order valence-electron chi connectivity index (χ3n) is 6.65. The molecule has 10 heteroatoms. The summed E-state index contributed by atoms with van der Waals surface area (Å²) in [6.07, 6.45) is 4.02. The first-order valence-electron chi connectivity index (χ1n) is 14.3. The van der Waals surface area contributed by atoms with Crippen molar-refractivity contribution < 1.29 is 23.8 Å². The molecule has 0 spiro atoms. The molecule has 222 valence electrons. The number of hydrogen-bond donors (Lipinski definition) is 2. The van der Waals surface area contributed by atoms with Gasteiger partial charge in [0, 0.05) is 43.6 Å². The molecule has 0 saturated carbocycles. The summed E-state index contributed by atoms with van der Waals surface area (Å²) in [5, 5.41) is 3.54. The SMILES string of the molecule is CCC[C@@H](CCOC(C)=O)Nc1nc(N)nc(C)c1Cc1ccc(OCCCN(CC)CC(=O)OCC)cc1C. The number of likely N-dealkylation sites (N-methyl/N-ethyl adjacent to an activating group) is 1. The van der Waals surface area contributed by atoms with Crippen molar-refractivity contribution in [1.29, 1.82) is 0 Å². The molecule has 2 rings (SSSR count). The number of carbonyl (C=O) groups excluding carboxylic acids is 2. The first-order valence-corrected chi connectivity index (χ1v) is 14.3. The highest BCUT2D eigenvalue weighted by Crippen LogP contribution is 2.26. The second-order valence-electron chi connectivity index (χ2n) is 9.89. The average Bonchev–Trinajstić information content (AvgIpc) is 2.88. The Morgan fingerprint density at radius 2 is 1.85 bits per heavy atom. The Balaban J connectivity index is 2.04. The minimum Gasteiger partial charge on any atom is -0.494 e. The Hall–Kier alpha value is -3.40. The molecule has 2 aromatic rings. The van der Waals surface area contributed by atoms with Gasteiger partial charge in [0.25, 0.3) is 0 Å². The monoisotopic (exact) mass is 557 g/mol. The van der Waals surface area contributed by atoms with E-state index < -0.39 is 0 Å². The van der Waals surface area contributed by atoms with Gasteiger partial charge in [0.1, 0.15) is 11.6 Å². The number of nitrogens with zero attached hydrogens (tertiary/aromatic N) is 3. The Bertz CT molecular complexity index is 1090. The van der Waals surface area contributed by atoms with Crippen LogP contribution >= 0.6 is 0 Å². The molecule has 10 nitrogen and oxygen atoms in total. The van der Waals surface area contributed by atoms with Gasteiger partial charge in [0.15, 0.2) is 0 Å². The van der Waals surface area contributed by atoms with E-state index in [0.29, 0.717) is 45.0 Å². The lowest BCUT2D eigenvalue weighted by atomic mass is 9.99. The molecule has 0 aliphatic carbocycles. The van der Waals surface area contributed by atoms with E-state index in [1.807, 2.05) is 32.9 Å². The van der Waals surface area contributed by atoms with E-state index in [9.17, 15) is 9.59 Å². The van der Waals surface area contributed by atoms with Crippen LogP contribution in [0.2, 0.25) is 0 Å². The number of carbonyl (C=O) groups is 2. The Kier molecular flexibility index (Phi) is 14.2. The van der Waals surface area contributed by atoms with Crippen molar-refractivity contribution in [1.82, 2.24) is 14.9 Å². The molecule has 1 aromatic carbocycles. The first-order chi connectivity index (χ1) is 19.2. The molecule has 1 atom stereocenters. The summed E-state index contributed by atoms with van der Waals surface area (Å²) in [4.78, 5) is 34.0. The number of nitrogens with one attached hydrogen (secondary N) is 1. The smallest absolute Gasteiger partial charge is 0.320 e. The average molecular weight is 558 g/mol. The third-order valence-corrected chi connectivity index (χ3v) is 6.65. The zero-order chi connectivity index (χ0) is 29.5. The fraction of sp³-hybridized carbons (Fsp3) is 0.600. The molecule has 0 unspecified atom stereocenters. The van der Waals surface area contributed by atoms with Crippen LogP contribution in [-0.2, 0) is 25.5 Å². The molecular weight excluding hydrogens is 510 g/mol. The van der Waals surface area contributed by atoms with Gasteiger partial charge in [0.05, 0.1) is 26.4 Å². The lowest BCUT2D eigenvalue weighted by Crippen LogP contribution is -2.32. The van der Waals surface area contributed by atoms with Crippen LogP contribution in [0, 0.1) is 13.8 Å². The topological polar surface area (TPSA) is 129 Å². The number of rotatable bonds is 18. The molecule has 0 radical (unpaired) electrons. The van der Waals surface area contributed by atoms with E-state index in [1.165, 1.54) is 6.92 Å². The molecule has 40 heavy (non-hydrogen) atoms. The second kappa shape index (κ2) is 17.3. The predicted octanol–water partition coefficient (Wildman–Crippen LogP) is 4.45. The molecule has 1 aromatic heterocycles. The predicted molar refractivity (Wildman–Crippen MR) is 158 cm³/mol. The number of esters is 2. The molecule has 0 bridgehead atoms. The summed E-state index contributed by atoms with van der Waals surface area (Å²) >= 11 is 0. The number of nitrogen functional groups attached to an aromatic ring is 1. The van der Waals surface area contributed by atoms with Crippen LogP contribution < -0.4 is 15.8 Å². The number of anilines is 2. The van der Waals surface area contributed by atoms with Crippen LogP contribution in [-0.4, -0.2) is 72.3 Å². The van der Waals surface area contributed by atoms with Gasteiger partial charge in [0.2, 0.25) is 5.95 Å². The fourth-order valence-corrected chi connectivity index (χ4v) is 4.49. The zero-order valence-corrected chi connectivity index (χ0v) is 25.0. The number of ether oxygens (including phenoxy) is 3.